The third-order valence-electron chi connectivity index (χ3n) is 5.98. The number of furan rings is 1. The molecule has 0 N–H and O–H groups in total. The Bertz CT molecular complexity index is 1320. The number of amides is 2. The van der Waals surface area contributed by atoms with Crippen LogP contribution >= 0.6 is 0 Å². The number of para-hydroxylation sites is 2. The second kappa shape index (κ2) is 7.47. The molecule has 2 amide bonds. The van der Waals surface area contributed by atoms with Crippen molar-refractivity contribution in [1.29, 1.82) is 0 Å². The van der Waals surface area contributed by atoms with Crippen molar-refractivity contribution in [1.82, 2.24) is 4.90 Å². The van der Waals surface area contributed by atoms with Gasteiger partial charge in [-0.25, -0.2) is 0 Å². The van der Waals surface area contributed by atoms with E-state index in [2.05, 4.69) is 35.9 Å². The average molecular weight is 538 g/mol. The van der Waals surface area contributed by atoms with Gasteiger partial charge in [-0.2, -0.15) is 0 Å². The summed E-state index contributed by atoms with van der Waals surface area (Å²) in [5, 5.41) is 0. The Hall–Kier alpha value is -3.14. The Balaban J connectivity index is 1.70. The van der Waals surface area contributed by atoms with Gasteiger partial charge in [0.25, 0.3) is 0 Å². The van der Waals surface area contributed by atoms with Gasteiger partial charge in [-0.1, -0.05) is 6.07 Å². The Morgan fingerprint density at radius 2 is 1.69 bits per heavy atom. The van der Waals surface area contributed by atoms with Gasteiger partial charge in [-0.15, -0.1) is 0 Å². The summed E-state index contributed by atoms with van der Waals surface area (Å²) in [5.41, 5.74) is 3.82. The van der Waals surface area contributed by atoms with E-state index in [4.69, 9.17) is 4.42 Å². The number of carbonyl (C=O) groups excluding carboxylic acids is 2. The van der Waals surface area contributed by atoms with Gasteiger partial charge in [-0.3, -0.25) is 0 Å². The average Bonchev–Trinajstić information content (AvgIpc) is 3.21. The van der Waals surface area contributed by atoms with Crippen molar-refractivity contribution in [3.63, 3.8) is 0 Å². The molecular formula is C25H20N3O3Te. The fraction of sp³-hybridized carbons (Fsp3) is 0.160. The number of amidine groups is 1. The van der Waals surface area contributed by atoms with Crippen LogP contribution in [0.3, 0.4) is 0 Å². The van der Waals surface area contributed by atoms with Crippen LogP contribution in [0.2, 0.25) is 0 Å². The molecule has 0 fully saturated rings. The fourth-order valence-electron chi connectivity index (χ4n) is 4.22. The molecule has 0 bridgehead atoms. The van der Waals surface area contributed by atoms with E-state index in [0.29, 0.717) is 15.5 Å². The van der Waals surface area contributed by atoms with E-state index in [1.807, 2.05) is 48.5 Å². The predicted molar refractivity (Wildman–Crippen MR) is 124 cm³/mol. The molecule has 5 rings (SSSR count). The van der Waals surface area contributed by atoms with Crippen LogP contribution in [0.15, 0.2) is 75.6 Å². The number of hydrogen-bond acceptors (Lipinski definition) is 4. The molecule has 7 heteroatoms. The normalized spacial score (nSPS) is 18.5. The SMILES string of the molecule is CN1C(=O)/C(=C/c2cc3c(o2)N(c2ccccc2)c2ccccc2C3(C)C)C(=O)N=C1[Te]. The molecular weight excluding hydrogens is 518 g/mol. The zero-order valence-electron chi connectivity index (χ0n) is 17.8. The molecule has 2 aliphatic rings. The fourth-order valence-corrected chi connectivity index (χ4v) is 4.69. The predicted octanol–water partition coefficient (Wildman–Crippen LogP) is 4.30. The molecule has 2 aromatic carbocycles. The third kappa shape index (κ3) is 3.12. The van der Waals surface area contributed by atoms with Crippen molar-refractivity contribution in [3.05, 3.63) is 83.1 Å². The van der Waals surface area contributed by atoms with Crippen LogP contribution < -0.4 is 4.90 Å². The van der Waals surface area contributed by atoms with Crippen molar-refractivity contribution in [3.8, 4) is 0 Å². The standard InChI is InChI=1S/C25H20N3O3Te/c1-25(2)18-11-7-8-12-20(18)28(15-9-5-4-6-10-15)23-19(25)14-16(31-23)13-17-21(29)26-24(32)27(3)22(17)30/h4-14H,1-3H3/b17-13+. The summed E-state index contributed by atoms with van der Waals surface area (Å²) >= 11 is 1.55. The molecule has 0 aliphatic carbocycles. The molecule has 2 aliphatic heterocycles. The first kappa shape index (κ1) is 20.7. The second-order valence-corrected chi connectivity index (χ2v) is 9.34. The van der Waals surface area contributed by atoms with Gasteiger partial charge in [0.1, 0.15) is 0 Å². The van der Waals surface area contributed by atoms with Crippen LogP contribution in [0.25, 0.3) is 6.08 Å². The number of hydrogen-bond donors (Lipinski definition) is 0. The van der Waals surface area contributed by atoms with E-state index in [1.165, 1.54) is 16.5 Å². The van der Waals surface area contributed by atoms with E-state index >= 15 is 0 Å². The van der Waals surface area contributed by atoms with Crippen LogP contribution in [0.4, 0.5) is 17.3 Å². The van der Waals surface area contributed by atoms with E-state index in [9.17, 15) is 9.59 Å². The number of likely N-dealkylation sites (N-methyl/N-ethyl adjacent to an activating group) is 1. The Labute approximate surface area is 199 Å². The number of nitrogens with zero attached hydrogens (tertiary/aromatic N) is 3. The van der Waals surface area contributed by atoms with Gasteiger partial charge >= 0.3 is 193 Å². The van der Waals surface area contributed by atoms with Gasteiger partial charge in [0.05, 0.1) is 0 Å². The molecule has 0 saturated heterocycles. The Morgan fingerprint density at radius 3 is 2.44 bits per heavy atom. The number of anilines is 3. The first-order valence-electron chi connectivity index (χ1n) is 10.2. The number of aliphatic imine (C=N–C) groups is 1. The first-order valence-corrected chi connectivity index (χ1v) is 11.3. The summed E-state index contributed by atoms with van der Waals surface area (Å²) in [7, 11) is 1.61. The molecule has 0 atom stereocenters. The molecule has 0 spiro atoms. The minimum atomic E-state index is -0.551. The van der Waals surface area contributed by atoms with Crippen molar-refractivity contribution in [2.45, 2.75) is 19.3 Å². The van der Waals surface area contributed by atoms with Crippen LogP contribution in [0, 0.1) is 0 Å². The summed E-state index contributed by atoms with van der Waals surface area (Å²) in [6.45, 7) is 4.30. The molecule has 1 aromatic heterocycles. The first-order chi connectivity index (χ1) is 15.3. The van der Waals surface area contributed by atoms with Gasteiger partial charge in [0.15, 0.2) is 0 Å². The van der Waals surface area contributed by atoms with Crippen LogP contribution in [0.5, 0.6) is 0 Å². The molecule has 0 saturated carbocycles. The number of fused-ring (bicyclic) bond motifs is 2. The quantitative estimate of drug-likeness (QED) is 0.278. The zero-order valence-corrected chi connectivity index (χ0v) is 20.2. The van der Waals surface area contributed by atoms with Gasteiger partial charge in [0, 0.05) is 0 Å². The Kier molecular flexibility index (Phi) is 4.84. The van der Waals surface area contributed by atoms with Gasteiger partial charge in [0.2, 0.25) is 0 Å². The van der Waals surface area contributed by atoms with Crippen LogP contribution in [-0.4, -0.2) is 49.9 Å². The van der Waals surface area contributed by atoms with E-state index < -0.39 is 5.91 Å². The minimum absolute atomic E-state index is 0.00694. The van der Waals surface area contributed by atoms with Crippen molar-refractivity contribution in [2.75, 3.05) is 11.9 Å². The summed E-state index contributed by atoms with van der Waals surface area (Å²) in [6, 6.07) is 20.2. The van der Waals surface area contributed by atoms with Crippen molar-refractivity contribution in [2.24, 2.45) is 4.99 Å². The van der Waals surface area contributed by atoms with E-state index in [-0.39, 0.29) is 16.9 Å². The monoisotopic (exact) mass is 540 g/mol. The summed E-state index contributed by atoms with van der Waals surface area (Å²) in [6.07, 6.45) is 1.50. The molecule has 0 unspecified atom stereocenters. The topological polar surface area (TPSA) is 66.1 Å². The summed E-state index contributed by atoms with van der Waals surface area (Å²) < 4.78 is 6.69. The van der Waals surface area contributed by atoms with Gasteiger partial charge in [-0.05, 0) is 0 Å². The molecule has 1 radical (unpaired) electrons. The van der Waals surface area contributed by atoms with Crippen LogP contribution in [0.1, 0.15) is 30.7 Å². The number of carbonyl (C=O) groups is 2. The summed E-state index contributed by atoms with van der Waals surface area (Å²) in [4.78, 5) is 32.6. The van der Waals surface area contributed by atoms with E-state index in [0.717, 1.165) is 16.9 Å². The number of benzene rings is 2. The maximum absolute atomic E-state index is 12.7. The molecule has 32 heavy (non-hydrogen) atoms. The molecule has 3 heterocycles. The van der Waals surface area contributed by atoms with E-state index in [1.54, 1.807) is 29.3 Å². The number of rotatable bonds is 2. The maximum atomic E-state index is 12.7. The molecule has 3 aromatic rings. The van der Waals surface area contributed by atoms with Crippen LogP contribution in [-0.2, 0) is 15.0 Å². The van der Waals surface area contributed by atoms with Crippen molar-refractivity contribution >= 4 is 61.3 Å². The zero-order chi connectivity index (χ0) is 22.6. The second-order valence-electron chi connectivity index (χ2n) is 8.30. The molecule has 6 nitrogen and oxygen atoms in total. The summed E-state index contributed by atoms with van der Waals surface area (Å²) in [5.74, 6) is 0.181. The molecule has 159 valence electrons. The Morgan fingerprint density at radius 1 is 1.00 bits per heavy atom. The third-order valence-corrected chi connectivity index (χ3v) is 7.02. The van der Waals surface area contributed by atoms with Gasteiger partial charge < -0.3 is 0 Å². The van der Waals surface area contributed by atoms with Crippen molar-refractivity contribution < 1.29 is 14.0 Å².